The van der Waals surface area contributed by atoms with E-state index in [-0.39, 0.29) is 5.78 Å². The third kappa shape index (κ3) is 2.51. The number of allylic oxidation sites excluding steroid dienone is 2. The van der Waals surface area contributed by atoms with Crippen LogP contribution in [0.25, 0.3) is 0 Å². The van der Waals surface area contributed by atoms with Crippen molar-refractivity contribution < 1.29 is 14.3 Å². The number of methoxy groups -OCH3 is 2. The molecule has 0 bridgehead atoms. The normalized spacial score (nSPS) is 20.6. The maximum Gasteiger partial charge on any atom is 0.206 e. The van der Waals surface area contributed by atoms with Crippen LogP contribution < -0.4 is 11.5 Å². The van der Waals surface area contributed by atoms with Gasteiger partial charge in [-0.05, 0) is 24.3 Å². The smallest absolute Gasteiger partial charge is 0.206 e. The summed E-state index contributed by atoms with van der Waals surface area (Å²) in [7, 11) is 3.01. The molecule has 1 aromatic carbocycles. The molecule has 0 saturated heterocycles. The van der Waals surface area contributed by atoms with Crippen molar-refractivity contribution in [2.75, 3.05) is 20.0 Å². The van der Waals surface area contributed by atoms with E-state index in [9.17, 15) is 4.79 Å². The van der Waals surface area contributed by atoms with Crippen molar-refractivity contribution in [1.29, 1.82) is 0 Å². The van der Waals surface area contributed by atoms with Crippen LogP contribution in [0.5, 0.6) is 0 Å². The van der Waals surface area contributed by atoms with Crippen LogP contribution in [0.15, 0.2) is 48.1 Å². The van der Waals surface area contributed by atoms with Gasteiger partial charge in [-0.25, -0.2) is 0 Å². The van der Waals surface area contributed by atoms with Gasteiger partial charge in [0.15, 0.2) is 5.78 Å². The molecule has 4 N–H and O–H groups in total. The van der Waals surface area contributed by atoms with Gasteiger partial charge in [-0.2, -0.15) is 0 Å². The summed E-state index contributed by atoms with van der Waals surface area (Å²) in [5.41, 5.74) is 13.3. The molecule has 1 unspecified atom stereocenters. The molecule has 106 valence electrons. The first-order valence-corrected chi connectivity index (χ1v) is 6.19. The van der Waals surface area contributed by atoms with E-state index in [0.29, 0.717) is 16.8 Å². The van der Waals surface area contributed by atoms with Gasteiger partial charge in [0, 0.05) is 31.0 Å². The molecular formula is C15H18N2O3. The fourth-order valence-corrected chi connectivity index (χ4v) is 2.17. The van der Waals surface area contributed by atoms with E-state index in [2.05, 4.69) is 0 Å². The average molecular weight is 274 g/mol. The third-order valence-electron chi connectivity index (χ3n) is 3.37. The Morgan fingerprint density at radius 1 is 1.30 bits per heavy atom. The van der Waals surface area contributed by atoms with Crippen LogP contribution in [0.2, 0.25) is 0 Å². The minimum absolute atomic E-state index is 0.134. The highest BCUT2D eigenvalue weighted by molar-refractivity contribution is 6.11. The Kier molecular flexibility index (Phi) is 4.04. The van der Waals surface area contributed by atoms with Crippen LogP contribution in [0, 0.1) is 0 Å². The second-order valence-corrected chi connectivity index (χ2v) is 4.57. The van der Waals surface area contributed by atoms with E-state index in [0.717, 1.165) is 0 Å². The van der Waals surface area contributed by atoms with Crippen LogP contribution in [-0.2, 0) is 9.47 Å². The minimum Gasteiger partial charge on any atom is -0.399 e. The van der Waals surface area contributed by atoms with Gasteiger partial charge in [0.25, 0.3) is 0 Å². The highest BCUT2D eigenvalue weighted by atomic mass is 16.7. The Balaban J connectivity index is 2.28. The van der Waals surface area contributed by atoms with Crippen LogP contribution in [0.3, 0.4) is 0 Å². The number of ether oxygens (including phenoxy) is 2. The standard InChI is InChI=1S/C15H18N2O3/c1-19-15(20-2)7-6-11(9-13(15)17)14(18)10-4-3-5-12(16)8-10/h3-9,13H,16-17H2,1-2H3. The number of hydrogen-bond donors (Lipinski definition) is 2. The summed E-state index contributed by atoms with van der Waals surface area (Å²) in [6.07, 6.45) is 4.94. The molecule has 5 nitrogen and oxygen atoms in total. The Hall–Kier alpha value is -1.95. The van der Waals surface area contributed by atoms with Crippen LogP contribution >= 0.6 is 0 Å². The molecule has 0 fully saturated rings. The molecule has 1 atom stereocenters. The molecular weight excluding hydrogens is 256 g/mol. The lowest BCUT2D eigenvalue weighted by molar-refractivity contribution is -0.176. The second kappa shape index (κ2) is 5.58. The number of nitrogen functional groups attached to an aromatic ring is 1. The lowest BCUT2D eigenvalue weighted by Crippen LogP contribution is -2.50. The van der Waals surface area contributed by atoms with Gasteiger partial charge >= 0.3 is 0 Å². The fourth-order valence-electron chi connectivity index (χ4n) is 2.17. The summed E-state index contributed by atoms with van der Waals surface area (Å²) in [5, 5.41) is 0. The number of Topliss-reactive ketones (excluding diaryl/α,β-unsaturated/α-hetero) is 1. The Labute approximate surface area is 117 Å². The average Bonchev–Trinajstić information content (AvgIpc) is 2.47. The van der Waals surface area contributed by atoms with Gasteiger partial charge in [-0.1, -0.05) is 18.2 Å². The van der Waals surface area contributed by atoms with Crippen molar-refractivity contribution in [1.82, 2.24) is 0 Å². The van der Waals surface area contributed by atoms with Crippen LogP contribution in [0.4, 0.5) is 5.69 Å². The zero-order valence-corrected chi connectivity index (χ0v) is 11.5. The number of rotatable bonds is 4. The maximum atomic E-state index is 12.4. The van der Waals surface area contributed by atoms with Crippen molar-refractivity contribution in [3.8, 4) is 0 Å². The number of benzene rings is 1. The molecule has 0 aromatic heterocycles. The molecule has 1 aliphatic rings. The minimum atomic E-state index is -1.03. The van der Waals surface area contributed by atoms with Gasteiger partial charge in [-0.15, -0.1) is 0 Å². The van der Waals surface area contributed by atoms with Crippen molar-refractivity contribution in [2.24, 2.45) is 5.73 Å². The predicted octanol–water partition coefficient (Wildman–Crippen LogP) is 1.26. The Morgan fingerprint density at radius 2 is 2.00 bits per heavy atom. The van der Waals surface area contributed by atoms with E-state index in [1.54, 1.807) is 42.5 Å². The second-order valence-electron chi connectivity index (χ2n) is 4.57. The number of hydrogen-bond acceptors (Lipinski definition) is 5. The first kappa shape index (κ1) is 14.5. The Morgan fingerprint density at radius 3 is 2.55 bits per heavy atom. The van der Waals surface area contributed by atoms with E-state index >= 15 is 0 Å². The first-order valence-electron chi connectivity index (χ1n) is 6.19. The van der Waals surface area contributed by atoms with Gasteiger partial charge in [-0.3, -0.25) is 4.79 Å². The quantitative estimate of drug-likeness (QED) is 0.490. The number of anilines is 1. The van der Waals surface area contributed by atoms with Crippen molar-refractivity contribution in [3.05, 3.63) is 53.6 Å². The summed E-state index contributed by atoms with van der Waals surface area (Å²) in [6.45, 7) is 0. The molecule has 0 heterocycles. The molecule has 2 rings (SSSR count). The van der Waals surface area contributed by atoms with Gasteiger partial charge in [0.05, 0.1) is 6.04 Å². The zero-order valence-electron chi connectivity index (χ0n) is 11.5. The largest absolute Gasteiger partial charge is 0.399 e. The fraction of sp³-hybridized carbons (Fsp3) is 0.267. The monoisotopic (exact) mass is 274 g/mol. The highest BCUT2D eigenvalue weighted by Gasteiger charge is 2.36. The predicted molar refractivity (Wildman–Crippen MR) is 77.1 cm³/mol. The molecule has 20 heavy (non-hydrogen) atoms. The molecule has 5 heteroatoms. The number of carbonyl (C=O) groups excluding carboxylic acids is 1. The molecule has 0 amide bonds. The Bertz CT molecular complexity index is 574. The van der Waals surface area contributed by atoms with Gasteiger partial charge in [0.1, 0.15) is 0 Å². The van der Waals surface area contributed by atoms with Crippen molar-refractivity contribution >= 4 is 11.5 Å². The lowest BCUT2D eigenvalue weighted by atomic mass is 9.92. The van der Waals surface area contributed by atoms with Crippen LogP contribution in [0.1, 0.15) is 10.4 Å². The number of ketones is 1. The van der Waals surface area contributed by atoms with Gasteiger partial charge < -0.3 is 20.9 Å². The van der Waals surface area contributed by atoms with E-state index < -0.39 is 11.8 Å². The van der Waals surface area contributed by atoms with E-state index in [1.165, 1.54) is 14.2 Å². The molecule has 0 aliphatic heterocycles. The maximum absolute atomic E-state index is 12.4. The lowest BCUT2D eigenvalue weighted by Gasteiger charge is -2.34. The molecule has 0 saturated carbocycles. The summed E-state index contributed by atoms with van der Waals surface area (Å²) in [4.78, 5) is 12.4. The third-order valence-corrected chi connectivity index (χ3v) is 3.37. The van der Waals surface area contributed by atoms with E-state index in [1.807, 2.05) is 0 Å². The highest BCUT2D eigenvalue weighted by Crippen LogP contribution is 2.26. The number of carbonyl (C=O) groups is 1. The number of nitrogens with two attached hydrogens (primary N) is 2. The van der Waals surface area contributed by atoms with E-state index in [4.69, 9.17) is 20.9 Å². The van der Waals surface area contributed by atoms with Crippen LogP contribution in [-0.4, -0.2) is 31.8 Å². The molecule has 1 aliphatic carbocycles. The zero-order chi connectivity index (χ0) is 14.8. The first-order chi connectivity index (χ1) is 9.52. The summed E-state index contributed by atoms with van der Waals surface area (Å²) >= 11 is 0. The van der Waals surface area contributed by atoms with Crippen molar-refractivity contribution in [3.63, 3.8) is 0 Å². The summed E-state index contributed by atoms with van der Waals surface area (Å²) < 4.78 is 10.6. The van der Waals surface area contributed by atoms with Crippen molar-refractivity contribution in [2.45, 2.75) is 11.8 Å². The molecule has 1 aromatic rings. The topological polar surface area (TPSA) is 87.6 Å². The molecule has 0 radical (unpaired) electrons. The SMILES string of the molecule is COC1(OC)C=CC(C(=O)c2cccc(N)c2)=CC1N. The van der Waals surface area contributed by atoms with Gasteiger partial charge in [0.2, 0.25) is 5.79 Å². The summed E-state index contributed by atoms with van der Waals surface area (Å²) in [5.74, 6) is -1.16. The summed E-state index contributed by atoms with van der Waals surface area (Å²) in [6, 6.07) is 6.26. The molecule has 0 spiro atoms.